The summed E-state index contributed by atoms with van der Waals surface area (Å²) in [5.74, 6) is 0.959. The van der Waals surface area contributed by atoms with Crippen molar-refractivity contribution < 1.29 is 4.79 Å². The highest BCUT2D eigenvalue weighted by Gasteiger charge is 2.31. The first-order valence-corrected chi connectivity index (χ1v) is 11.2. The molecule has 0 aromatic heterocycles. The minimum atomic E-state index is 0. The van der Waals surface area contributed by atoms with Gasteiger partial charge in [-0.15, -0.1) is 37.2 Å². The van der Waals surface area contributed by atoms with E-state index in [1.54, 1.807) is 0 Å². The Morgan fingerprint density at radius 3 is 2.41 bits per heavy atom. The molecule has 5 rings (SSSR count). The van der Waals surface area contributed by atoms with E-state index in [0.29, 0.717) is 18.1 Å². The summed E-state index contributed by atoms with van der Waals surface area (Å²) in [6, 6.07) is 14.9. The Morgan fingerprint density at radius 2 is 1.66 bits per heavy atom. The topological polar surface area (TPSA) is 35.6 Å². The van der Waals surface area contributed by atoms with E-state index < -0.39 is 0 Å². The van der Waals surface area contributed by atoms with Crippen molar-refractivity contribution in [2.24, 2.45) is 0 Å². The van der Waals surface area contributed by atoms with Crippen molar-refractivity contribution in [3.8, 4) is 0 Å². The molecular weight excluding hydrogens is 465 g/mol. The lowest BCUT2D eigenvalue weighted by Gasteiger charge is -2.34. The second-order valence-electron chi connectivity index (χ2n) is 8.80. The molecular formula is C25H34Cl3N3O. The van der Waals surface area contributed by atoms with E-state index in [0.717, 1.165) is 57.8 Å². The van der Waals surface area contributed by atoms with Gasteiger partial charge in [0, 0.05) is 69.4 Å². The molecule has 0 bridgehead atoms. The van der Waals surface area contributed by atoms with Gasteiger partial charge < -0.3 is 10.2 Å². The molecule has 0 amide bonds. The first-order chi connectivity index (χ1) is 14.3. The quantitative estimate of drug-likeness (QED) is 0.556. The number of nitrogens with one attached hydrogen (secondary N) is 1. The number of nitrogens with zero attached hydrogens (tertiary/aromatic N) is 2. The number of anilines is 1. The lowest BCUT2D eigenvalue weighted by Crippen LogP contribution is -2.46. The van der Waals surface area contributed by atoms with Gasteiger partial charge in [-0.3, -0.25) is 9.69 Å². The van der Waals surface area contributed by atoms with Crippen molar-refractivity contribution in [3.05, 3.63) is 64.7 Å². The van der Waals surface area contributed by atoms with Gasteiger partial charge >= 0.3 is 0 Å². The van der Waals surface area contributed by atoms with Gasteiger partial charge in [-0.1, -0.05) is 30.3 Å². The molecule has 1 saturated heterocycles. The fourth-order valence-corrected chi connectivity index (χ4v) is 5.33. The molecule has 7 heteroatoms. The molecule has 4 nitrogen and oxygen atoms in total. The summed E-state index contributed by atoms with van der Waals surface area (Å²) in [6.45, 7) is 7.25. The van der Waals surface area contributed by atoms with Crippen LogP contribution < -0.4 is 5.32 Å². The predicted molar refractivity (Wildman–Crippen MR) is 139 cm³/mol. The SMILES string of the molecule is Cl.Cl.Cl.O=C(CCN1CCN(Cc2ccccc2)CC1)c1ccc2c3c1CCCC3CN2. The largest absolute Gasteiger partial charge is 0.384 e. The van der Waals surface area contributed by atoms with Crippen molar-refractivity contribution >= 4 is 48.7 Å². The highest BCUT2D eigenvalue weighted by Crippen LogP contribution is 2.42. The molecule has 1 aliphatic carbocycles. The Balaban J connectivity index is 0.00000121. The molecule has 1 fully saturated rings. The minimum Gasteiger partial charge on any atom is -0.384 e. The normalized spacial score (nSPS) is 19.6. The zero-order valence-corrected chi connectivity index (χ0v) is 20.9. The Morgan fingerprint density at radius 1 is 0.938 bits per heavy atom. The average Bonchev–Trinajstić information content (AvgIpc) is 3.19. The molecule has 2 aliphatic heterocycles. The van der Waals surface area contributed by atoms with Crippen LogP contribution in [0.15, 0.2) is 42.5 Å². The van der Waals surface area contributed by atoms with Crippen molar-refractivity contribution in [2.75, 3.05) is 44.6 Å². The van der Waals surface area contributed by atoms with Crippen LogP contribution in [0.2, 0.25) is 0 Å². The van der Waals surface area contributed by atoms with E-state index in [4.69, 9.17) is 0 Å². The smallest absolute Gasteiger partial charge is 0.164 e. The molecule has 3 aliphatic rings. The second-order valence-corrected chi connectivity index (χ2v) is 8.80. The summed E-state index contributed by atoms with van der Waals surface area (Å²) in [5.41, 5.74) is 6.46. The van der Waals surface area contributed by atoms with Gasteiger partial charge in [-0.25, -0.2) is 0 Å². The average molecular weight is 499 g/mol. The highest BCUT2D eigenvalue weighted by molar-refractivity contribution is 5.99. The third kappa shape index (κ3) is 5.78. The van der Waals surface area contributed by atoms with Gasteiger partial charge in [0.1, 0.15) is 0 Å². The van der Waals surface area contributed by atoms with Gasteiger partial charge in [-0.2, -0.15) is 0 Å². The van der Waals surface area contributed by atoms with Gasteiger partial charge in [-0.05, 0) is 48.1 Å². The number of hydrogen-bond donors (Lipinski definition) is 1. The van der Waals surface area contributed by atoms with Gasteiger partial charge in [0.25, 0.3) is 0 Å². The van der Waals surface area contributed by atoms with Crippen molar-refractivity contribution in [3.63, 3.8) is 0 Å². The van der Waals surface area contributed by atoms with E-state index >= 15 is 0 Å². The molecule has 1 atom stereocenters. The van der Waals surface area contributed by atoms with Crippen molar-refractivity contribution in [1.29, 1.82) is 0 Å². The molecule has 32 heavy (non-hydrogen) atoms. The van der Waals surface area contributed by atoms with E-state index in [2.05, 4.69) is 57.6 Å². The number of benzene rings is 2. The fourth-order valence-electron chi connectivity index (χ4n) is 5.33. The van der Waals surface area contributed by atoms with E-state index in [1.165, 1.54) is 35.2 Å². The Kier molecular flexibility index (Phi) is 10.3. The summed E-state index contributed by atoms with van der Waals surface area (Å²) in [7, 11) is 0. The van der Waals surface area contributed by atoms with Crippen LogP contribution >= 0.6 is 37.2 Å². The zero-order chi connectivity index (χ0) is 19.6. The van der Waals surface area contributed by atoms with E-state index in [-0.39, 0.29) is 37.2 Å². The van der Waals surface area contributed by atoms with Gasteiger partial charge in [0.15, 0.2) is 5.78 Å². The standard InChI is InChI=1S/C25H31N3O.3ClH/c29-24(21-9-10-23-25-20(17-26-23)7-4-8-22(21)25)11-12-27-13-15-28(16-14-27)18-19-5-2-1-3-6-19;;;/h1-3,5-6,9-10,20,26H,4,7-8,11-18H2;3*1H. The van der Waals surface area contributed by atoms with Crippen LogP contribution in [-0.4, -0.2) is 54.9 Å². The number of ketones is 1. The van der Waals surface area contributed by atoms with Crippen LogP contribution in [-0.2, 0) is 13.0 Å². The molecule has 0 spiro atoms. The van der Waals surface area contributed by atoms with E-state index in [9.17, 15) is 4.79 Å². The number of carbonyl (C=O) groups excluding carboxylic acids is 1. The van der Waals surface area contributed by atoms with Crippen LogP contribution in [0, 0.1) is 0 Å². The molecule has 1 unspecified atom stereocenters. The molecule has 0 saturated carbocycles. The number of carbonyl (C=O) groups is 1. The third-order valence-corrected chi connectivity index (χ3v) is 6.95. The van der Waals surface area contributed by atoms with Crippen LogP contribution in [0.25, 0.3) is 0 Å². The molecule has 176 valence electrons. The lowest BCUT2D eigenvalue weighted by molar-refractivity contribution is 0.0921. The maximum absolute atomic E-state index is 13.0. The Labute approximate surface area is 210 Å². The second kappa shape index (κ2) is 12.2. The first-order valence-electron chi connectivity index (χ1n) is 11.2. The van der Waals surface area contributed by atoms with Crippen LogP contribution in [0.3, 0.4) is 0 Å². The Hall–Kier alpha value is -1.30. The third-order valence-electron chi connectivity index (χ3n) is 6.95. The van der Waals surface area contributed by atoms with Crippen LogP contribution in [0.4, 0.5) is 5.69 Å². The summed E-state index contributed by atoms with van der Waals surface area (Å²) in [6.07, 6.45) is 4.19. The molecule has 2 aromatic rings. The highest BCUT2D eigenvalue weighted by atomic mass is 35.5. The number of Topliss-reactive ketones (excluding diaryl/α,β-unsaturated/α-hetero) is 1. The fraction of sp³-hybridized carbons (Fsp3) is 0.480. The molecule has 2 aromatic carbocycles. The van der Waals surface area contributed by atoms with Crippen LogP contribution in [0.5, 0.6) is 0 Å². The van der Waals surface area contributed by atoms with Gasteiger partial charge in [0.2, 0.25) is 0 Å². The number of hydrogen-bond acceptors (Lipinski definition) is 4. The zero-order valence-electron chi connectivity index (χ0n) is 18.4. The van der Waals surface area contributed by atoms with E-state index in [1.807, 2.05) is 0 Å². The lowest BCUT2D eigenvalue weighted by atomic mass is 9.81. The maximum Gasteiger partial charge on any atom is 0.164 e. The first kappa shape index (κ1) is 26.9. The summed E-state index contributed by atoms with van der Waals surface area (Å²) in [4.78, 5) is 18.0. The monoisotopic (exact) mass is 497 g/mol. The van der Waals surface area contributed by atoms with Crippen LogP contribution in [0.1, 0.15) is 52.2 Å². The van der Waals surface area contributed by atoms with Crippen molar-refractivity contribution in [2.45, 2.75) is 38.1 Å². The van der Waals surface area contributed by atoms with Gasteiger partial charge in [0.05, 0.1) is 0 Å². The molecule has 1 N–H and O–H groups in total. The number of halogens is 3. The van der Waals surface area contributed by atoms with Crippen molar-refractivity contribution in [1.82, 2.24) is 9.80 Å². The summed E-state index contributed by atoms with van der Waals surface area (Å²) >= 11 is 0. The summed E-state index contributed by atoms with van der Waals surface area (Å²) in [5, 5.41) is 3.53. The minimum absolute atomic E-state index is 0. The predicted octanol–water partition coefficient (Wildman–Crippen LogP) is 5.19. The number of rotatable bonds is 6. The molecule has 0 radical (unpaired) electrons. The number of piperazine rings is 1. The molecule has 2 heterocycles. The Bertz CT molecular complexity index is 886. The summed E-state index contributed by atoms with van der Waals surface area (Å²) < 4.78 is 0. The maximum atomic E-state index is 13.0.